The van der Waals surface area contributed by atoms with E-state index in [1.54, 1.807) is 0 Å². The van der Waals surface area contributed by atoms with E-state index < -0.39 is 57.2 Å². The standard InChI is InChI=1S/C15H10O8/c16-8-3-1-2-7(15(22)23)11(8)13(19)12-9(17)4-6(14(20)21)5-10(12)18/h1-5,16-18H,(H,20,21)(H,22,23). The second kappa shape index (κ2) is 5.68. The van der Waals surface area contributed by atoms with Gasteiger partial charge in [-0.05, 0) is 24.3 Å². The lowest BCUT2D eigenvalue weighted by atomic mass is 9.95. The highest BCUT2D eigenvalue weighted by atomic mass is 16.4. The Morgan fingerprint density at radius 2 is 1.30 bits per heavy atom. The van der Waals surface area contributed by atoms with Crippen molar-refractivity contribution in [1.82, 2.24) is 0 Å². The molecule has 0 radical (unpaired) electrons. The number of aromatic carboxylic acids is 2. The molecule has 0 amide bonds. The highest BCUT2D eigenvalue weighted by Crippen LogP contribution is 2.34. The minimum Gasteiger partial charge on any atom is -0.507 e. The van der Waals surface area contributed by atoms with Crippen molar-refractivity contribution >= 4 is 17.7 Å². The lowest BCUT2D eigenvalue weighted by molar-refractivity contribution is 0.0684. The third-order valence-electron chi connectivity index (χ3n) is 3.07. The van der Waals surface area contributed by atoms with Gasteiger partial charge in [-0.15, -0.1) is 0 Å². The molecule has 0 bridgehead atoms. The van der Waals surface area contributed by atoms with Gasteiger partial charge in [0.25, 0.3) is 0 Å². The molecule has 8 heteroatoms. The van der Waals surface area contributed by atoms with E-state index in [1.165, 1.54) is 6.07 Å². The quantitative estimate of drug-likeness (QED) is 0.531. The van der Waals surface area contributed by atoms with Crippen LogP contribution in [0.15, 0.2) is 30.3 Å². The van der Waals surface area contributed by atoms with Gasteiger partial charge in [0.05, 0.1) is 16.7 Å². The summed E-state index contributed by atoms with van der Waals surface area (Å²) in [7, 11) is 0. The van der Waals surface area contributed by atoms with Crippen LogP contribution in [-0.4, -0.2) is 43.3 Å². The molecule has 0 unspecified atom stereocenters. The highest BCUT2D eigenvalue weighted by molar-refractivity contribution is 6.18. The number of ketones is 1. The fraction of sp³-hybridized carbons (Fsp3) is 0. The van der Waals surface area contributed by atoms with Crippen LogP contribution in [0.5, 0.6) is 17.2 Å². The molecule has 0 aliphatic carbocycles. The van der Waals surface area contributed by atoms with Gasteiger partial charge in [-0.2, -0.15) is 0 Å². The number of rotatable bonds is 4. The maximum atomic E-state index is 12.4. The minimum absolute atomic E-state index is 0.465. The maximum Gasteiger partial charge on any atom is 0.336 e. The number of benzene rings is 2. The SMILES string of the molecule is O=C(O)c1cc(O)c(C(=O)c2c(O)cccc2C(=O)O)c(O)c1. The second-order valence-corrected chi connectivity index (χ2v) is 4.53. The van der Waals surface area contributed by atoms with E-state index in [-0.39, 0.29) is 0 Å². The predicted octanol–water partition coefficient (Wildman–Crippen LogP) is 1.43. The van der Waals surface area contributed by atoms with E-state index in [2.05, 4.69) is 0 Å². The summed E-state index contributed by atoms with van der Waals surface area (Å²) in [6, 6.07) is 4.81. The van der Waals surface area contributed by atoms with E-state index in [1.807, 2.05) is 0 Å². The fourth-order valence-corrected chi connectivity index (χ4v) is 2.05. The van der Waals surface area contributed by atoms with Crippen LogP contribution in [0, 0.1) is 0 Å². The van der Waals surface area contributed by atoms with Crippen LogP contribution >= 0.6 is 0 Å². The lowest BCUT2D eigenvalue weighted by Crippen LogP contribution is -2.11. The van der Waals surface area contributed by atoms with Gasteiger partial charge in [0, 0.05) is 0 Å². The van der Waals surface area contributed by atoms with Crippen molar-refractivity contribution in [2.45, 2.75) is 0 Å². The number of carbonyl (C=O) groups is 3. The molecule has 0 aliphatic heterocycles. The Hall–Kier alpha value is -3.55. The topological polar surface area (TPSA) is 152 Å². The highest BCUT2D eigenvalue weighted by Gasteiger charge is 2.27. The van der Waals surface area contributed by atoms with Gasteiger partial charge in [0.1, 0.15) is 22.8 Å². The van der Waals surface area contributed by atoms with Crippen LogP contribution in [0.25, 0.3) is 0 Å². The summed E-state index contributed by atoms with van der Waals surface area (Å²) in [6.07, 6.45) is 0. The Bertz CT molecular complexity index is 814. The van der Waals surface area contributed by atoms with Crippen molar-refractivity contribution in [3.63, 3.8) is 0 Å². The molecule has 0 aromatic heterocycles. The average Bonchev–Trinajstić information content (AvgIpc) is 2.45. The largest absolute Gasteiger partial charge is 0.507 e. The first-order valence-corrected chi connectivity index (χ1v) is 6.13. The Balaban J connectivity index is 2.68. The van der Waals surface area contributed by atoms with Gasteiger partial charge < -0.3 is 25.5 Å². The Labute approximate surface area is 128 Å². The van der Waals surface area contributed by atoms with Crippen LogP contribution in [0.1, 0.15) is 36.6 Å². The predicted molar refractivity (Wildman–Crippen MR) is 75.2 cm³/mol. The summed E-state index contributed by atoms with van der Waals surface area (Å²) in [5.74, 6) is -6.46. The van der Waals surface area contributed by atoms with Crippen molar-refractivity contribution in [3.8, 4) is 17.2 Å². The van der Waals surface area contributed by atoms with Crippen LogP contribution in [0.3, 0.4) is 0 Å². The zero-order valence-electron chi connectivity index (χ0n) is 11.3. The number of carboxylic acids is 2. The monoisotopic (exact) mass is 318 g/mol. The molecule has 0 saturated heterocycles. The molecule has 0 spiro atoms. The number of aromatic hydroxyl groups is 3. The number of carbonyl (C=O) groups excluding carboxylic acids is 1. The van der Waals surface area contributed by atoms with E-state index in [9.17, 15) is 29.7 Å². The van der Waals surface area contributed by atoms with Crippen molar-refractivity contribution in [3.05, 3.63) is 52.6 Å². The molecule has 0 heterocycles. The summed E-state index contributed by atoms with van der Waals surface area (Å²) in [5, 5.41) is 47.2. The summed E-state index contributed by atoms with van der Waals surface area (Å²) >= 11 is 0. The molecule has 0 aliphatic rings. The molecule has 0 saturated carbocycles. The summed E-state index contributed by atoms with van der Waals surface area (Å²) < 4.78 is 0. The molecule has 2 aromatic rings. The van der Waals surface area contributed by atoms with Gasteiger partial charge in [-0.1, -0.05) is 6.07 Å². The third-order valence-corrected chi connectivity index (χ3v) is 3.07. The molecule has 2 aromatic carbocycles. The molecule has 8 nitrogen and oxygen atoms in total. The van der Waals surface area contributed by atoms with E-state index in [4.69, 9.17) is 10.2 Å². The fourth-order valence-electron chi connectivity index (χ4n) is 2.05. The third kappa shape index (κ3) is 2.77. The summed E-state index contributed by atoms with van der Waals surface area (Å²) in [6.45, 7) is 0. The number of hydrogen-bond donors (Lipinski definition) is 5. The normalized spacial score (nSPS) is 10.3. The molecule has 0 fully saturated rings. The van der Waals surface area contributed by atoms with Crippen LogP contribution < -0.4 is 0 Å². The molecule has 5 N–H and O–H groups in total. The van der Waals surface area contributed by atoms with Gasteiger partial charge in [-0.25, -0.2) is 9.59 Å². The Kier molecular flexibility index (Phi) is 3.91. The first-order chi connectivity index (χ1) is 10.7. The van der Waals surface area contributed by atoms with Crippen molar-refractivity contribution in [1.29, 1.82) is 0 Å². The molecule has 118 valence electrons. The number of phenols is 3. The van der Waals surface area contributed by atoms with E-state index >= 15 is 0 Å². The van der Waals surface area contributed by atoms with Crippen molar-refractivity contribution in [2.24, 2.45) is 0 Å². The number of phenolic OH excluding ortho intramolecular Hbond substituents is 3. The molecule has 2 rings (SSSR count). The Morgan fingerprint density at radius 1 is 0.739 bits per heavy atom. The molecular weight excluding hydrogens is 308 g/mol. The van der Waals surface area contributed by atoms with Crippen LogP contribution in [-0.2, 0) is 0 Å². The molecule has 0 atom stereocenters. The lowest BCUT2D eigenvalue weighted by Gasteiger charge is -2.11. The molecule has 23 heavy (non-hydrogen) atoms. The summed E-state index contributed by atoms with van der Waals surface area (Å²) in [5.41, 5.74) is -2.34. The number of hydrogen-bond acceptors (Lipinski definition) is 6. The second-order valence-electron chi connectivity index (χ2n) is 4.53. The van der Waals surface area contributed by atoms with Crippen LogP contribution in [0.4, 0.5) is 0 Å². The first kappa shape index (κ1) is 15.8. The van der Waals surface area contributed by atoms with Crippen molar-refractivity contribution < 1.29 is 39.9 Å². The van der Waals surface area contributed by atoms with Gasteiger partial charge in [0.15, 0.2) is 0 Å². The zero-order chi connectivity index (χ0) is 17.3. The first-order valence-electron chi connectivity index (χ1n) is 6.13. The van der Waals surface area contributed by atoms with Gasteiger partial charge in [-0.3, -0.25) is 4.79 Å². The smallest absolute Gasteiger partial charge is 0.336 e. The van der Waals surface area contributed by atoms with E-state index in [0.717, 1.165) is 24.3 Å². The van der Waals surface area contributed by atoms with Crippen LogP contribution in [0.2, 0.25) is 0 Å². The minimum atomic E-state index is -1.50. The van der Waals surface area contributed by atoms with E-state index in [0.29, 0.717) is 0 Å². The zero-order valence-corrected chi connectivity index (χ0v) is 11.3. The van der Waals surface area contributed by atoms with Gasteiger partial charge >= 0.3 is 11.9 Å². The average molecular weight is 318 g/mol. The summed E-state index contributed by atoms with van der Waals surface area (Å²) in [4.78, 5) is 34.4. The Morgan fingerprint density at radius 3 is 1.78 bits per heavy atom. The van der Waals surface area contributed by atoms with Crippen molar-refractivity contribution in [2.75, 3.05) is 0 Å². The number of carboxylic acid groups (broad SMARTS) is 2. The van der Waals surface area contributed by atoms with Gasteiger partial charge in [0.2, 0.25) is 5.78 Å². The molecular formula is C15H10O8. The maximum absolute atomic E-state index is 12.4.